The molecule has 0 aliphatic heterocycles. The molecule has 0 aromatic carbocycles. The van der Waals surface area contributed by atoms with Gasteiger partial charge in [-0.25, -0.2) is 0 Å². The summed E-state index contributed by atoms with van der Waals surface area (Å²) in [5, 5.41) is 0. The van der Waals surface area contributed by atoms with E-state index in [4.69, 9.17) is 10.2 Å². The maximum Gasteiger partial charge on any atom is 0.162 e. The molecule has 8 heavy (non-hydrogen) atoms. The van der Waals surface area contributed by atoms with Gasteiger partial charge in [0.2, 0.25) is 0 Å². The number of nitrogens with two attached hydrogens (primary N) is 1. The Balaban J connectivity index is 2.53. The molecule has 0 saturated heterocycles. The maximum atomic E-state index is 5.28. The lowest BCUT2D eigenvalue weighted by Gasteiger charge is -1.97. The van der Waals surface area contributed by atoms with Crippen molar-refractivity contribution < 1.29 is 4.43 Å². The normalized spacial score (nSPS) is 11.2. The third-order valence-corrected chi connectivity index (χ3v) is 2.12. The summed E-state index contributed by atoms with van der Waals surface area (Å²) in [6.07, 6.45) is 1.14. The minimum absolute atomic E-state index is 0.225. The van der Waals surface area contributed by atoms with E-state index in [9.17, 15) is 0 Å². The van der Waals surface area contributed by atoms with Crippen molar-refractivity contribution in [3.05, 3.63) is 0 Å². The molecule has 50 valence electrons. The molecule has 0 heterocycles. The van der Waals surface area contributed by atoms with E-state index < -0.39 is 0 Å². The SMILES string of the molecule is CCCO[SiH2]CCN. The first kappa shape index (κ1) is 8.14. The van der Waals surface area contributed by atoms with E-state index >= 15 is 0 Å². The molecule has 0 rings (SSSR count). The Bertz CT molecular complexity index is 37.4. The summed E-state index contributed by atoms with van der Waals surface area (Å²) in [7, 11) is -0.225. The van der Waals surface area contributed by atoms with Gasteiger partial charge in [0, 0.05) is 6.61 Å². The van der Waals surface area contributed by atoms with Crippen LogP contribution in [0.5, 0.6) is 0 Å². The molecule has 0 fully saturated rings. The summed E-state index contributed by atoms with van der Waals surface area (Å²) in [4.78, 5) is 0. The fraction of sp³-hybridized carbons (Fsp3) is 1.00. The van der Waals surface area contributed by atoms with Crippen LogP contribution in [0.1, 0.15) is 13.3 Å². The summed E-state index contributed by atoms with van der Waals surface area (Å²) in [5.74, 6) is 0. The zero-order valence-electron chi connectivity index (χ0n) is 5.52. The molecule has 0 atom stereocenters. The second kappa shape index (κ2) is 7.14. The lowest BCUT2D eigenvalue weighted by atomic mass is 10.5. The third kappa shape index (κ3) is 6.14. The number of rotatable bonds is 5. The highest BCUT2D eigenvalue weighted by Gasteiger charge is 1.83. The topological polar surface area (TPSA) is 35.2 Å². The lowest BCUT2D eigenvalue weighted by Crippen LogP contribution is -2.06. The second-order valence-corrected chi connectivity index (χ2v) is 3.28. The lowest BCUT2D eigenvalue weighted by molar-refractivity contribution is 0.335. The van der Waals surface area contributed by atoms with E-state index in [-0.39, 0.29) is 9.76 Å². The molecule has 3 heteroatoms. The van der Waals surface area contributed by atoms with Crippen molar-refractivity contribution in [1.29, 1.82) is 0 Å². The number of hydrogen-bond donors (Lipinski definition) is 1. The minimum Gasteiger partial charge on any atom is -0.424 e. The Morgan fingerprint density at radius 3 is 2.88 bits per heavy atom. The van der Waals surface area contributed by atoms with Gasteiger partial charge >= 0.3 is 0 Å². The molecule has 0 radical (unpaired) electrons. The van der Waals surface area contributed by atoms with Gasteiger partial charge in [-0.05, 0) is 19.0 Å². The molecule has 2 N–H and O–H groups in total. The first-order valence-corrected chi connectivity index (χ1v) is 4.77. The molecule has 0 aliphatic carbocycles. The molecule has 0 aliphatic rings. The average molecular weight is 133 g/mol. The average Bonchev–Trinajstić information content (AvgIpc) is 1.81. The van der Waals surface area contributed by atoms with Crippen LogP contribution in [0.25, 0.3) is 0 Å². The second-order valence-electron chi connectivity index (χ2n) is 1.75. The van der Waals surface area contributed by atoms with Gasteiger partial charge in [0.05, 0.1) is 0 Å². The molecular formula is C5H15NOSi. The standard InChI is InChI=1S/C5H15NOSi/c1-2-4-7-8-5-3-6/h2-6,8H2,1H3. The van der Waals surface area contributed by atoms with Crippen molar-refractivity contribution >= 4 is 9.76 Å². The predicted molar refractivity (Wildman–Crippen MR) is 38.6 cm³/mol. The third-order valence-electron chi connectivity index (χ3n) is 0.841. The summed E-state index contributed by atoms with van der Waals surface area (Å²) < 4.78 is 5.28. The van der Waals surface area contributed by atoms with Gasteiger partial charge in [0.25, 0.3) is 0 Å². The van der Waals surface area contributed by atoms with Crippen LogP contribution in [0.4, 0.5) is 0 Å². The van der Waals surface area contributed by atoms with E-state index in [0.29, 0.717) is 0 Å². The van der Waals surface area contributed by atoms with Crippen molar-refractivity contribution in [3.63, 3.8) is 0 Å². The monoisotopic (exact) mass is 133 g/mol. The Hall–Kier alpha value is 0.137. The fourth-order valence-electron chi connectivity index (χ4n) is 0.432. The van der Waals surface area contributed by atoms with Crippen LogP contribution in [-0.2, 0) is 4.43 Å². The highest BCUT2D eigenvalue weighted by Crippen LogP contribution is 1.79. The summed E-state index contributed by atoms with van der Waals surface area (Å²) in [6.45, 7) is 3.86. The van der Waals surface area contributed by atoms with Crippen LogP contribution in [0.3, 0.4) is 0 Å². The highest BCUT2D eigenvalue weighted by molar-refractivity contribution is 6.27. The van der Waals surface area contributed by atoms with Gasteiger partial charge in [0.15, 0.2) is 9.76 Å². The smallest absolute Gasteiger partial charge is 0.162 e. The maximum absolute atomic E-state index is 5.28. The fourth-order valence-corrected chi connectivity index (χ4v) is 1.30. The molecule has 0 bridgehead atoms. The van der Waals surface area contributed by atoms with Crippen molar-refractivity contribution in [2.45, 2.75) is 19.4 Å². The van der Waals surface area contributed by atoms with Crippen molar-refractivity contribution in [2.75, 3.05) is 13.2 Å². The largest absolute Gasteiger partial charge is 0.424 e. The molecule has 0 saturated carbocycles. The van der Waals surface area contributed by atoms with Crippen LogP contribution < -0.4 is 5.73 Å². The molecule has 0 unspecified atom stereocenters. The van der Waals surface area contributed by atoms with E-state index in [1.807, 2.05) is 0 Å². The molecule has 0 amide bonds. The van der Waals surface area contributed by atoms with Crippen LogP contribution in [0.15, 0.2) is 0 Å². The Labute approximate surface area is 53.4 Å². The van der Waals surface area contributed by atoms with E-state index in [1.54, 1.807) is 0 Å². The Morgan fingerprint density at radius 1 is 1.62 bits per heavy atom. The summed E-state index contributed by atoms with van der Waals surface area (Å²) in [6, 6.07) is 1.12. The van der Waals surface area contributed by atoms with E-state index in [2.05, 4.69) is 6.92 Å². The van der Waals surface area contributed by atoms with Crippen molar-refractivity contribution in [1.82, 2.24) is 0 Å². The van der Waals surface area contributed by atoms with Gasteiger partial charge in [0.1, 0.15) is 0 Å². The zero-order chi connectivity index (χ0) is 6.24. The Morgan fingerprint density at radius 2 is 2.38 bits per heavy atom. The quantitative estimate of drug-likeness (QED) is 0.419. The Kier molecular flexibility index (Phi) is 7.26. The predicted octanol–water partition coefficient (Wildman–Crippen LogP) is -0.126. The van der Waals surface area contributed by atoms with E-state index in [0.717, 1.165) is 25.6 Å². The summed E-state index contributed by atoms with van der Waals surface area (Å²) in [5.41, 5.74) is 5.27. The van der Waals surface area contributed by atoms with Gasteiger partial charge in [-0.2, -0.15) is 0 Å². The van der Waals surface area contributed by atoms with Crippen LogP contribution >= 0.6 is 0 Å². The number of hydrogen-bond acceptors (Lipinski definition) is 2. The van der Waals surface area contributed by atoms with Gasteiger partial charge in [-0.15, -0.1) is 0 Å². The zero-order valence-corrected chi connectivity index (χ0v) is 6.94. The molecule has 2 nitrogen and oxygen atoms in total. The molecule has 0 aromatic rings. The first-order chi connectivity index (χ1) is 3.91. The van der Waals surface area contributed by atoms with Gasteiger partial charge < -0.3 is 10.2 Å². The van der Waals surface area contributed by atoms with Crippen LogP contribution in [-0.4, -0.2) is 22.9 Å². The van der Waals surface area contributed by atoms with Crippen LogP contribution in [0, 0.1) is 0 Å². The first-order valence-electron chi connectivity index (χ1n) is 3.19. The molecular weight excluding hydrogens is 118 g/mol. The van der Waals surface area contributed by atoms with Gasteiger partial charge in [-0.1, -0.05) is 6.92 Å². The van der Waals surface area contributed by atoms with Crippen LogP contribution in [0.2, 0.25) is 6.04 Å². The summed E-state index contributed by atoms with van der Waals surface area (Å²) >= 11 is 0. The van der Waals surface area contributed by atoms with E-state index in [1.165, 1.54) is 0 Å². The minimum atomic E-state index is -0.225. The molecule has 0 aromatic heterocycles. The van der Waals surface area contributed by atoms with Gasteiger partial charge in [-0.3, -0.25) is 0 Å². The highest BCUT2D eigenvalue weighted by atomic mass is 28.2. The van der Waals surface area contributed by atoms with Crippen molar-refractivity contribution in [3.8, 4) is 0 Å². The van der Waals surface area contributed by atoms with Crippen molar-refractivity contribution in [2.24, 2.45) is 5.73 Å². The molecule has 0 spiro atoms.